The van der Waals surface area contributed by atoms with E-state index in [4.69, 9.17) is 4.43 Å². The average Bonchev–Trinajstić information content (AvgIpc) is 3.09. The number of nitrogens with one attached hydrogen (secondary N) is 1. The fraction of sp³-hybridized carbons (Fsp3) is 0.400. The molecule has 1 heterocycles. The van der Waals surface area contributed by atoms with Gasteiger partial charge in [-0.3, -0.25) is 0 Å². The summed E-state index contributed by atoms with van der Waals surface area (Å²) in [7, 11) is -1.92. The third kappa shape index (κ3) is 4.11. The first-order valence-corrected chi connectivity index (χ1v) is 11.6. The third-order valence-electron chi connectivity index (χ3n) is 4.78. The van der Waals surface area contributed by atoms with Crippen LogP contribution < -0.4 is 5.32 Å². The molecule has 0 saturated carbocycles. The smallest absolute Gasteiger partial charge is 0.198 e. The van der Waals surface area contributed by atoms with E-state index in [0.29, 0.717) is 11.6 Å². The Kier molecular flexibility index (Phi) is 5.31. The SMILES string of the molecule is C[Si](C)(OC[C@@H]1CCCN1)C(c1ccccc1)c1ccccc1. The number of benzene rings is 2. The highest BCUT2D eigenvalue weighted by Gasteiger charge is 2.36. The van der Waals surface area contributed by atoms with E-state index >= 15 is 0 Å². The first-order chi connectivity index (χ1) is 11.2. The highest BCUT2D eigenvalue weighted by Crippen LogP contribution is 2.34. The van der Waals surface area contributed by atoms with Crippen molar-refractivity contribution in [1.29, 1.82) is 0 Å². The Balaban J connectivity index is 1.84. The zero-order valence-corrected chi connectivity index (χ0v) is 15.2. The molecule has 0 unspecified atom stereocenters. The first-order valence-electron chi connectivity index (χ1n) is 8.64. The summed E-state index contributed by atoms with van der Waals surface area (Å²) >= 11 is 0. The van der Waals surface area contributed by atoms with Gasteiger partial charge in [-0.25, -0.2) is 0 Å². The van der Waals surface area contributed by atoms with Crippen LogP contribution in [-0.4, -0.2) is 27.5 Å². The van der Waals surface area contributed by atoms with Gasteiger partial charge in [-0.05, 0) is 43.6 Å². The summed E-state index contributed by atoms with van der Waals surface area (Å²) < 4.78 is 6.56. The van der Waals surface area contributed by atoms with Crippen molar-refractivity contribution in [2.45, 2.75) is 37.5 Å². The lowest BCUT2D eigenvalue weighted by atomic mass is 10.0. The maximum atomic E-state index is 6.56. The highest BCUT2D eigenvalue weighted by molar-refractivity contribution is 6.73. The monoisotopic (exact) mass is 325 g/mol. The van der Waals surface area contributed by atoms with E-state index in [2.05, 4.69) is 79.1 Å². The minimum Gasteiger partial charge on any atom is -0.415 e. The van der Waals surface area contributed by atoms with Crippen molar-refractivity contribution in [2.75, 3.05) is 13.2 Å². The fourth-order valence-electron chi connectivity index (χ4n) is 3.58. The van der Waals surface area contributed by atoms with Crippen molar-refractivity contribution in [3.63, 3.8) is 0 Å². The molecule has 1 fully saturated rings. The minimum atomic E-state index is -1.92. The molecule has 1 aliphatic heterocycles. The Morgan fingerprint density at radius 1 is 1.00 bits per heavy atom. The maximum Gasteiger partial charge on any atom is 0.198 e. The Morgan fingerprint density at radius 3 is 2.04 bits per heavy atom. The van der Waals surface area contributed by atoms with E-state index in [-0.39, 0.29) is 0 Å². The lowest BCUT2D eigenvalue weighted by Crippen LogP contribution is -2.43. The van der Waals surface area contributed by atoms with Crippen molar-refractivity contribution < 1.29 is 4.43 Å². The third-order valence-corrected chi connectivity index (χ3v) is 7.75. The standard InChI is InChI=1S/C20H27NOSi/c1-23(2,22-16-19-14-9-15-21-19)20(17-10-5-3-6-11-17)18-12-7-4-8-13-18/h3-8,10-13,19-21H,9,14-16H2,1-2H3/t19-/m0/s1. The van der Waals surface area contributed by atoms with Crippen LogP contribution in [0.4, 0.5) is 0 Å². The van der Waals surface area contributed by atoms with Crippen LogP contribution in [0.3, 0.4) is 0 Å². The molecule has 2 nitrogen and oxygen atoms in total. The Bertz CT molecular complexity index is 554. The molecule has 1 saturated heterocycles. The molecule has 122 valence electrons. The fourth-order valence-corrected chi connectivity index (χ4v) is 6.37. The molecule has 0 aliphatic carbocycles. The highest BCUT2D eigenvalue weighted by atomic mass is 28.4. The van der Waals surface area contributed by atoms with E-state index in [9.17, 15) is 0 Å². The predicted octanol–water partition coefficient (Wildman–Crippen LogP) is 4.33. The second-order valence-electron chi connectivity index (χ2n) is 6.96. The van der Waals surface area contributed by atoms with Gasteiger partial charge in [0.15, 0.2) is 8.32 Å². The van der Waals surface area contributed by atoms with Crippen molar-refractivity contribution >= 4 is 8.32 Å². The van der Waals surface area contributed by atoms with Gasteiger partial charge >= 0.3 is 0 Å². The second-order valence-corrected chi connectivity index (χ2v) is 11.0. The van der Waals surface area contributed by atoms with Gasteiger partial charge in [0, 0.05) is 18.2 Å². The first kappa shape index (κ1) is 16.4. The topological polar surface area (TPSA) is 21.3 Å². The molecule has 0 bridgehead atoms. The summed E-state index contributed by atoms with van der Waals surface area (Å²) in [5, 5.41) is 3.54. The van der Waals surface area contributed by atoms with Crippen LogP contribution in [0.15, 0.2) is 60.7 Å². The van der Waals surface area contributed by atoms with Gasteiger partial charge < -0.3 is 9.74 Å². The molecule has 3 heteroatoms. The maximum absolute atomic E-state index is 6.56. The van der Waals surface area contributed by atoms with E-state index in [1.807, 2.05) is 0 Å². The van der Waals surface area contributed by atoms with Crippen LogP contribution in [0.5, 0.6) is 0 Å². The summed E-state index contributed by atoms with van der Waals surface area (Å²) in [5.41, 5.74) is 3.11. The molecule has 1 N–H and O–H groups in total. The summed E-state index contributed by atoms with van der Waals surface area (Å²) in [6.45, 7) is 6.69. The Morgan fingerprint density at radius 2 is 1.57 bits per heavy atom. The van der Waals surface area contributed by atoms with Crippen molar-refractivity contribution in [3.8, 4) is 0 Å². The molecule has 1 aliphatic rings. The molecule has 2 aromatic rings. The molecular weight excluding hydrogens is 298 g/mol. The van der Waals surface area contributed by atoms with Gasteiger partial charge in [-0.1, -0.05) is 60.7 Å². The number of rotatable bonds is 6. The number of hydrogen-bond donors (Lipinski definition) is 1. The van der Waals surface area contributed by atoms with Crippen molar-refractivity contribution in [1.82, 2.24) is 5.32 Å². The average molecular weight is 326 g/mol. The molecule has 1 atom stereocenters. The van der Waals surface area contributed by atoms with Gasteiger partial charge in [0.1, 0.15) is 0 Å². The van der Waals surface area contributed by atoms with Gasteiger partial charge in [0.25, 0.3) is 0 Å². The minimum absolute atomic E-state index is 0.367. The van der Waals surface area contributed by atoms with E-state index < -0.39 is 8.32 Å². The molecule has 0 spiro atoms. The van der Waals surface area contributed by atoms with E-state index in [1.165, 1.54) is 24.0 Å². The van der Waals surface area contributed by atoms with Gasteiger partial charge in [-0.15, -0.1) is 0 Å². The lowest BCUT2D eigenvalue weighted by molar-refractivity contribution is 0.264. The van der Waals surface area contributed by atoms with Crippen LogP contribution in [0.25, 0.3) is 0 Å². The van der Waals surface area contributed by atoms with Gasteiger partial charge in [0.2, 0.25) is 0 Å². The molecule has 3 rings (SSSR count). The van der Waals surface area contributed by atoms with Crippen LogP contribution in [0.2, 0.25) is 13.1 Å². The molecule has 0 aromatic heterocycles. The van der Waals surface area contributed by atoms with Crippen LogP contribution in [0.1, 0.15) is 29.5 Å². The quantitative estimate of drug-likeness (QED) is 0.798. The van der Waals surface area contributed by atoms with Gasteiger partial charge in [0.05, 0.1) is 0 Å². The Labute approximate surface area is 141 Å². The van der Waals surface area contributed by atoms with Gasteiger partial charge in [-0.2, -0.15) is 0 Å². The van der Waals surface area contributed by atoms with Crippen LogP contribution in [-0.2, 0) is 4.43 Å². The number of hydrogen-bond acceptors (Lipinski definition) is 2. The Hall–Kier alpha value is -1.42. The van der Waals surface area contributed by atoms with E-state index in [0.717, 1.165) is 13.2 Å². The zero-order valence-electron chi connectivity index (χ0n) is 14.2. The predicted molar refractivity (Wildman–Crippen MR) is 99.2 cm³/mol. The lowest BCUT2D eigenvalue weighted by Gasteiger charge is -2.34. The van der Waals surface area contributed by atoms with Crippen LogP contribution >= 0.6 is 0 Å². The normalized spacial score (nSPS) is 18.5. The molecule has 0 radical (unpaired) electrons. The van der Waals surface area contributed by atoms with Crippen molar-refractivity contribution in [2.24, 2.45) is 0 Å². The molecule has 23 heavy (non-hydrogen) atoms. The second kappa shape index (κ2) is 7.43. The summed E-state index contributed by atoms with van der Waals surface area (Å²) in [4.78, 5) is 0. The zero-order chi connectivity index (χ0) is 16.1. The molecule has 0 amide bonds. The largest absolute Gasteiger partial charge is 0.415 e. The van der Waals surface area contributed by atoms with E-state index in [1.54, 1.807) is 0 Å². The molecule has 2 aromatic carbocycles. The summed E-state index contributed by atoms with van der Waals surface area (Å²) in [5.74, 6) is 0. The van der Waals surface area contributed by atoms with Crippen LogP contribution in [0, 0.1) is 0 Å². The molecular formula is C20H27NOSi. The summed E-state index contributed by atoms with van der Waals surface area (Å²) in [6.07, 6.45) is 2.52. The summed E-state index contributed by atoms with van der Waals surface area (Å²) in [6, 6.07) is 22.2. The van der Waals surface area contributed by atoms with Crippen molar-refractivity contribution in [3.05, 3.63) is 71.8 Å².